The van der Waals surface area contributed by atoms with Crippen LogP contribution in [0.2, 0.25) is 5.02 Å². The number of nitrogens with one attached hydrogen (secondary N) is 1. The Hall–Kier alpha value is -3.38. The average molecular weight is 397 g/mol. The molecule has 0 saturated carbocycles. The molecule has 142 valence electrons. The van der Waals surface area contributed by atoms with Gasteiger partial charge in [0.05, 0.1) is 19.1 Å². The zero-order valence-corrected chi connectivity index (χ0v) is 15.9. The number of methoxy groups -OCH3 is 1. The Labute approximate surface area is 166 Å². The Bertz CT molecular complexity index is 1070. The first-order valence-corrected chi connectivity index (χ1v) is 8.73. The predicted molar refractivity (Wildman–Crippen MR) is 106 cm³/mol. The molecule has 28 heavy (non-hydrogen) atoms. The van der Waals surface area contributed by atoms with Crippen molar-refractivity contribution < 1.29 is 19.4 Å². The molecule has 6 nitrogen and oxygen atoms in total. The quantitative estimate of drug-likeness (QED) is 0.367. The van der Waals surface area contributed by atoms with Gasteiger partial charge in [0.1, 0.15) is 11.3 Å². The Balaban J connectivity index is 2.06. The largest absolute Gasteiger partial charge is 0.503 e. The van der Waals surface area contributed by atoms with Gasteiger partial charge in [-0.25, -0.2) is 4.79 Å². The molecule has 0 saturated heterocycles. The molecule has 1 heterocycles. The number of aliphatic carboxylic acids is 1. The molecule has 0 aliphatic heterocycles. The third-order valence-corrected chi connectivity index (χ3v) is 4.53. The van der Waals surface area contributed by atoms with Crippen LogP contribution in [-0.2, 0) is 9.53 Å². The van der Waals surface area contributed by atoms with Gasteiger partial charge in [0.25, 0.3) is 0 Å². The molecule has 0 aliphatic carbocycles. The smallest absolute Gasteiger partial charge is 0.339 e. The second kappa shape index (κ2) is 8.10. The number of carbonyl (C=O) groups is 2. The van der Waals surface area contributed by atoms with Crippen LogP contribution in [0.4, 0.5) is 0 Å². The third-order valence-electron chi connectivity index (χ3n) is 4.28. The Kier molecular flexibility index (Phi) is 5.61. The summed E-state index contributed by atoms with van der Waals surface area (Å²) in [7, 11) is 1.35. The van der Waals surface area contributed by atoms with Gasteiger partial charge in [-0.05, 0) is 19.1 Å². The number of carboxylic acids is 1. The molecule has 0 spiro atoms. The minimum atomic E-state index is -1.19. The minimum absolute atomic E-state index is 0.110. The number of aromatic amines is 1. The fourth-order valence-corrected chi connectivity index (χ4v) is 3.03. The van der Waals surface area contributed by atoms with Gasteiger partial charge < -0.3 is 9.84 Å². The summed E-state index contributed by atoms with van der Waals surface area (Å²) in [6, 6.07) is 13.6. The second-order valence-electron chi connectivity index (χ2n) is 6.03. The van der Waals surface area contributed by atoms with Crippen LogP contribution in [0.25, 0.3) is 16.8 Å². The SMILES string of the molecule is CO/C=C(/C(=O)O)c1ccccc1C(=O)c1[nH]nc(-c2ccc(Cl)cc2)c1C. The van der Waals surface area contributed by atoms with Crippen molar-refractivity contribution in [2.24, 2.45) is 0 Å². The Morgan fingerprint density at radius 1 is 1.11 bits per heavy atom. The van der Waals surface area contributed by atoms with Crippen LogP contribution in [0.15, 0.2) is 54.8 Å². The number of aromatic nitrogens is 2. The maximum Gasteiger partial charge on any atom is 0.339 e. The van der Waals surface area contributed by atoms with Crippen molar-refractivity contribution in [3.8, 4) is 11.3 Å². The van der Waals surface area contributed by atoms with E-state index in [-0.39, 0.29) is 22.5 Å². The van der Waals surface area contributed by atoms with Crippen LogP contribution in [0.3, 0.4) is 0 Å². The molecular formula is C21H17ClN2O4. The number of benzene rings is 2. The van der Waals surface area contributed by atoms with E-state index in [4.69, 9.17) is 16.3 Å². The van der Waals surface area contributed by atoms with Crippen molar-refractivity contribution in [2.45, 2.75) is 6.92 Å². The lowest BCUT2D eigenvalue weighted by Gasteiger charge is -2.09. The van der Waals surface area contributed by atoms with Gasteiger partial charge in [0.15, 0.2) is 0 Å². The molecule has 7 heteroatoms. The van der Waals surface area contributed by atoms with Crippen LogP contribution in [0, 0.1) is 6.92 Å². The summed E-state index contributed by atoms with van der Waals surface area (Å²) in [6.45, 7) is 1.78. The fraction of sp³-hybridized carbons (Fsp3) is 0.0952. The van der Waals surface area contributed by atoms with E-state index in [0.29, 0.717) is 22.0 Å². The van der Waals surface area contributed by atoms with Gasteiger partial charge in [-0.2, -0.15) is 5.10 Å². The van der Waals surface area contributed by atoms with E-state index >= 15 is 0 Å². The van der Waals surface area contributed by atoms with Gasteiger partial charge in [-0.1, -0.05) is 48.0 Å². The molecule has 0 bridgehead atoms. The highest BCUT2D eigenvalue weighted by Gasteiger charge is 2.23. The fourth-order valence-electron chi connectivity index (χ4n) is 2.91. The maximum absolute atomic E-state index is 13.2. The van der Waals surface area contributed by atoms with Crippen LogP contribution in [0.5, 0.6) is 0 Å². The van der Waals surface area contributed by atoms with Crippen LogP contribution < -0.4 is 0 Å². The van der Waals surface area contributed by atoms with E-state index in [1.807, 2.05) is 12.1 Å². The number of carbonyl (C=O) groups excluding carboxylic acids is 1. The molecule has 2 aromatic carbocycles. The summed E-state index contributed by atoms with van der Waals surface area (Å²) in [6.07, 6.45) is 1.10. The van der Waals surface area contributed by atoms with Crippen molar-refractivity contribution in [1.29, 1.82) is 0 Å². The number of ketones is 1. The molecular weight excluding hydrogens is 380 g/mol. The molecule has 0 aliphatic rings. The number of ether oxygens (including phenoxy) is 1. The van der Waals surface area contributed by atoms with Crippen molar-refractivity contribution in [3.05, 3.63) is 82.2 Å². The van der Waals surface area contributed by atoms with E-state index in [1.165, 1.54) is 7.11 Å². The van der Waals surface area contributed by atoms with Gasteiger partial charge >= 0.3 is 5.97 Å². The topological polar surface area (TPSA) is 92.3 Å². The predicted octanol–water partition coefficient (Wildman–Crippen LogP) is 4.34. The number of rotatable bonds is 6. The van der Waals surface area contributed by atoms with Crippen LogP contribution in [-0.4, -0.2) is 34.2 Å². The molecule has 0 radical (unpaired) electrons. The van der Waals surface area contributed by atoms with Crippen molar-refractivity contribution in [3.63, 3.8) is 0 Å². The zero-order valence-electron chi connectivity index (χ0n) is 15.2. The maximum atomic E-state index is 13.2. The monoisotopic (exact) mass is 396 g/mol. The van der Waals surface area contributed by atoms with Crippen molar-refractivity contribution in [2.75, 3.05) is 7.11 Å². The normalized spacial score (nSPS) is 11.3. The number of nitrogens with zero attached hydrogens (tertiary/aromatic N) is 1. The van der Waals surface area contributed by atoms with Gasteiger partial charge in [0.2, 0.25) is 5.78 Å². The van der Waals surface area contributed by atoms with Gasteiger partial charge in [-0.15, -0.1) is 0 Å². The highest BCUT2D eigenvalue weighted by atomic mass is 35.5. The average Bonchev–Trinajstić information content (AvgIpc) is 3.07. The Morgan fingerprint density at radius 3 is 2.36 bits per heavy atom. The van der Waals surface area contributed by atoms with E-state index < -0.39 is 5.97 Å². The number of H-pyrrole nitrogens is 1. The molecule has 3 aromatic rings. The van der Waals surface area contributed by atoms with E-state index in [1.54, 1.807) is 43.3 Å². The van der Waals surface area contributed by atoms with Crippen LogP contribution in [0.1, 0.15) is 27.2 Å². The first-order valence-electron chi connectivity index (χ1n) is 8.35. The van der Waals surface area contributed by atoms with Gasteiger partial charge in [0, 0.05) is 27.3 Å². The first kappa shape index (κ1) is 19.4. The van der Waals surface area contributed by atoms with Crippen molar-refractivity contribution in [1.82, 2.24) is 10.2 Å². The molecule has 0 atom stereocenters. The molecule has 3 rings (SSSR count). The minimum Gasteiger partial charge on any atom is -0.503 e. The highest BCUT2D eigenvalue weighted by molar-refractivity contribution is 6.30. The van der Waals surface area contributed by atoms with E-state index in [0.717, 1.165) is 11.8 Å². The summed E-state index contributed by atoms with van der Waals surface area (Å²) >= 11 is 5.93. The van der Waals surface area contributed by atoms with E-state index in [9.17, 15) is 14.7 Å². The van der Waals surface area contributed by atoms with E-state index in [2.05, 4.69) is 10.2 Å². The number of hydrogen-bond donors (Lipinski definition) is 2. The standard InChI is InChI=1S/C21H17ClN2O4/c1-12-18(13-7-9-14(22)10-8-13)23-24-19(12)20(25)16-6-4-3-5-15(16)17(11-28-2)21(26)27/h3-11H,1-2H3,(H,23,24)(H,26,27)/b17-11+. The molecule has 0 unspecified atom stereocenters. The number of carboxylic acid groups (broad SMARTS) is 1. The second-order valence-corrected chi connectivity index (χ2v) is 6.46. The summed E-state index contributed by atoms with van der Waals surface area (Å²) in [4.78, 5) is 24.8. The van der Waals surface area contributed by atoms with Crippen molar-refractivity contribution >= 4 is 28.9 Å². The molecule has 2 N–H and O–H groups in total. The lowest BCUT2D eigenvalue weighted by Crippen LogP contribution is -2.10. The van der Waals surface area contributed by atoms with Gasteiger partial charge in [-0.3, -0.25) is 9.89 Å². The molecule has 1 aromatic heterocycles. The number of halogens is 1. The zero-order chi connectivity index (χ0) is 20.3. The highest BCUT2D eigenvalue weighted by Crippen LogP contribution is 2.28. The Morgan fingerprint density at radius 2 is 1.75 bits per heavy atom. The lowest BCUT2D eigenvalue weighted by molar-refractivity contribution is -0.130. The summed E-state index contributed by atoms with van der Waals surface area (Å²) in [5.74, 6) is -1.55. The summed E-state index contributed by atoms with van der Waals surface area (Å²) in [5, 5.41) is 17.1. The first-order chi connectivity index (χ1) is 13.4. The lowest BCUT2D eigenvalue weighted by atomic mass is 9.94. The number of hydrogen-bond acceptors (Lipinski definition) is 4. The third kappa shape index (κ3) is 3.68. The summed E-state index contributed by atoms with van der Waals surface area (Å²) in [5.41, 5.74) is 2.79. The molecule has 0 fully saturated rings. The van der Waals surface area contributed by atoms with Crippen LogP contribution >= 0.6 is 11.6 Å². The summed E-state index contributed by atoms with van der Waals surface area (Å²) < 4.78 is 4.87. The molecule has 0 amide bonds.